The summed E-state index contributed by atoms with van der Waals surface area (Å²) in [6, 6.07) is 9.99. The minimum Gasteiger partial charge on any atom is -0.366 e. The van der Waals surface area contributed by atoms with E-state index in [1.54, 1.807) is 0 Å². The Morgan fingerprint density at radius 2 is 2.00 bits per heavy atom. The van der Waals surface area contributed by atoms with Crippen molar-refractivity contribution < 1.29 is 0 Å². The second kappa shape index (κ2) is 4.95. The number of nitriles is 1. The van der Waals surface area contributed by atoms with Gasteiger partial charge < -0.3 is 10.2 Å². The Balaban J connectivity index is 2.16. The highest BCUT2D eigenvalue weighted by Gasteiger charge is 2.33. The Bertz CT molecular complexity index is 431. The zero-order valence-electron chi connectivity index (χ0n) is 9.91. The average Bonchev–Trinajstić information content (AvgIpc) is 2.35. The second-order valence-corrected chi connectivity index (χ2v) is 5.01. The molecule has 0 unspecified atom stereocenters. The van der Waals surface area contributed by atoms with E-state index in [2.05, 4.69) is 23.3 Å². The molecule has 2 rings (SSSR count). The Morgan fingerprint density at radius 3 is 2.59 bits per heavy atom. The average molecular weight is 250 g/mol. The number of benzene rings is 1. The molecule has 0 radical (unpaired) electrons. The fourth-order valence-electron chi connectivity index (χ4n) is 2.09. The first-order valence-electron chi connectivity index (χ1n) is 5.78. The molecule has 1 fully saturated rings. The van der Waals surface area contributed by atoms with E-state index in [4.69, 9.17) is 11.6 Å². The largest absolute Gasteiger partial charge is 0.366 e. The number of hydrogen-bond donors (Lipinski definition) is 1. The molecule has 1 aliphatic heterocycles. The van der Waals surface area contributed by atoms with Gasteiger partial charge in [0.05, 0.1) is 16.8 Å². The van der Waals surface area contributed by atoms with E-state index in [0.717, 1.165) is 31.6 Å². The molecule has 1 N–H and O–H groups in total. The third-order valence-corrected chi connectivity index (χ3v) is 3.63. The van der Waals surface area contributed by atoms with Crippen molar-refractivity contribution in [1.29, 1.82) is 5.26 Å². The van der Waals surface area contributed by atoms with Gasteiger partial charge in [-0.1, -0.05) is 23.7 Å². The van der Waals surface area contributed by atoms with Gasteiger partial charge in [-0.15, -0.1) is 0 Å². The number of anilines is 1. The van der Waals surface area contributed by atoms with Crippen LogP contribution in [0.15, 0.2) is 24.3 Å². The van der Waals surface area contributed by atoms with E-state index < -0.39 is 5.54 Å². The number of para-hydroxylation sites is 1. The van der Waals surface area contributed by atoms with Crippen LogP contribution in [0.2, 0.25) is 5.02 Å². The van der Waals surface area contributed by atoms with Crippen LogP contribution in [0.25, 0.3) is 0 Å². The lowest BCUT2D eigenvalue weighted by atomic mass is 9.89. The molecule has 1 aromatic rings. The maximum atomic E-state index is 9.41. The summed E-state index contributed by atoms with van der Waals surface area (Å²) in [7, 11) is 2.08. The first kappa shape index (κ1) is 12.2. The van der Waals surface area contributed by atoms with Gasteiger partial charge >= 0.3 is 0 Å². The third kappa shape index (κ3) is 2.71. The molecule has 0 spiro atoms. The first-order valence-corrected chi connectivity index (χ1v) is 6.15. The molecule has 1 aliphatic rings. The summed E-state index contributed by atoms with van der Waals surface area (Å²) in [6.45, 7) is 1.87. The minimum absolute atomic E-state index is 0.475. The number of piperidine rings is 1. The van der Waals surface area contributed by atoms with Crippen LogP contribution in [-0.2, 0) is 0 Å². The van der Waals surface area contributed by atoms with Crippen molar-refractivity contribution in [2.24, 2.45) is 0 Å². The lowest BCUT2D eigenvalue weighted by molar-refractivity contribution is 0.235. The third-order valence-electron chi connectivity index (χ3n) is 3.30. The highest BCUT2D eigenvalue weighted by atomic mass is 35.5. The molecule has 0 saturated carbocycles. The first-order chi connectivity index (χ1) is 8.15. The molecule has 0 aliphatic carbocycles. The SMILES string of the molecule is CN1CCC(C#N)(Nc2ccccc2Cl)CC1. The second-order valence-electron chi connectivity index (χ2n) is 4.60. The van der Waals surface area contributed by atoms with Crippen LogP contribution >= 0.6 is 11.6 Å². The molecule has 0 amide bonds. The van der Waals surface area contributed by atoms with Gasteiger partial charge in [-0.2, -0.15) is 5.26 Å². The molecule has 3 nitrogen and oxygen atoms in total. The van der Waals surface area contributed by atoms with Crippen molar-refractivity contribution in [2.75, 3.05) is 25.5 Å². The molecule has 90 valence electrons. The van der Waals surface area contributed by atoms with Crippen LogP contribution in [0.5, 0.6) is 0 Å². The van der Waals surface area contributed by atoms with E-state index in [0.29, 0.717) is 5.02 Å². The van der Waals surface area contributed by atoms with Gasteiger partial charge in [0.1, 0.15) is 5.54 Å². The maximum Gasteiger partial charge on any atom is 0.127 e. The van der Waals surface area contributed by atoms with Crippen LogP contribution in [0, 0.1) is 11.3 Å². The monoisotopic (exact) mass is 249 g/mol. The molecule has 17 heavy (non-hydrogen) atoms. The van der Waals surface area contributed by atoms with E-state index in [1.807, 2.05) is 24.3 Å². The molecular weight excluding hydrogens is 234 g/mol. The Hall–Kier alpha value is -1.24. The van der Waals surface area contributed by atoms with Crippen LogP contribution < -0.4 is 5.32 Å². The summed E-state index contributed by atoms with van der Waals surface area (Å²) in [5, 5.41) is 13.4. The smallest absolute Gasteiger partial charge is 0.127 e. The number of nitrogens with zero attached hydrogens (tertiary/aromatic N) is 2. The highest BCUT2D eigenvalue weighted by Crippen LogP contribution is 2.29. The standard InChI is InChI=1S/C13H16ClN3/c1-17-8-6-13(10-15,7-9-17)16-12-5-3-2-4-11(12)14/h2-5,16H,6-9H2,1H3. The van der Waals surface area contributed by atoms with Crippen LogP contribution in [0.1, 0.15) is 12.8 Å². The highest BCUT2D eigenvalue weighted by molar-refractivity contribution is 6.33. The van der Waals surface area contributed by atoms with Gasteiger partial charge in [-0.3, -0.25) is 0 Å². The number of hydrogen-bond acceptors (Lipinski definition) is 3. The Kier molecular flexibility index (Phi) is 3.56. The van der Waals surface area contributed by atoms with E-state index in [-0.39, 0.29) is 0 Å². The van der Waals surface area contributed by atoms with Gasteiger partial charge in [-0.05, 0) is 32.0 Å². The predicted octanol–water partition coefficient (Wildman–Crippen LogP) is 2.74. The molecule has 1 saturated heterocycles. The zero-order valence-corrected chi connectivity index (χ0v) is 10.7. The van der Waals surface area contributed by atoms with Crippen LogP contribution in [0.3, 0.4) is 0 Å². The van der Waals surface area contributed by atoms with Crippen molar-refractivity contribution in [3.05, 3.63) is 29.3 Å². The van der Waals surface area contributed by atoms with Crippen LogP contribution in [0.4, 0.5) is 5.69 Å². The molecule has 0 aromatic heterocycles. The summed E-state index contributed by atoms with van der Waals surface area (Å²) in [6.07, 6.45) is 1.65. The van der Waals surface area contributed by atoms with Crippen molar-refractivity contribution >= 4 is 17.3 Å². The fourth-order valence-corrected chi connectivity index (χ4v) is 2.27. The quantitative estimate of drug-likeness (QED) is 0.876. The van der Waals surface area contributed by atoms with Crippen molar-refractivity contribution in [3.63, 3.8) is 0 Å². The summed E-state index contributed by atoms with van der Waals surface area (Å²) in [4.78, 5) is 2.24. The Morgan fingerprint density at radius 1 is 1.35 bits per heavy atom. The van der Waals surface area contributed by atoms with E-state index in [1.165, 1.54) is 0 Å². The number of nitrogens with one attached hydrogen (secondary N) is 1. The lowest BCUT2D eigenvalue weighted by Gasteiger charge is -2.36. The molecule has 4 heteroatoms. The summed E-state index contributed by atoms with van der Waals surface area (Å²) < 4.78 is 0. The van der Waals surface area contributed by atoms with Gasteiger partial charge in [0.2, 0.25) is 0 Å². The molecular formula is C13H16ClN3. The minimum atomic E-state index is -0.475. The van der Waals surface area contributed by atoms with Crippen LogP contribution in [-0.4, -0.2) is 30.6 Å². The van der Waals surface area contributed by atoms with E-state index >= 15 is 0 Å². The predicted molar refractivity (Wildman–Crippen MR) is 70.1 cm³/mol. The topological polar surface area (TPSA) is 39.1 Å². The van der Waals surface area contributed by atoms with E-state index in [9.17, 15) is 5.26 Å². The van der Waals surface area contributed by atoms with Gasteiger partial charge in [0.25, 0.3) is 0 Å². The summed E-state index contributed by atoms with van der Waals surface area (Å²) in [5.74, 6) is 0. The number of likely N-dealkylation sites (tertiary alicyclic amines) is 1. The molecule has 1 heterocycles. The fraction of sp³-hybridized carbons (Fsp3) is 0.462. The molecule has 0 atom stereocenters. The van der Waals surface area contributed by atoms with Crippen molar-refractivity contribution in [3.8, 4) is 6.07 Å². The van der Waals surface area contributed by atoms with Crippen molar-refractivity contribution in [1.82, 2.24) is 4.90 Å². The number of halogens is 1. The normalized spacial score (nSPS) is 19.6. The van der Waals surface area contributed by atoms with Gasteiger partial charge in [0.15, 0.2) is 0 Å². The Labute approximate surface area is 107 Å². The summed E-state index contributed by atoms with van der Waals surface area (Å²) in [5.41, 5.74) is 0.373. The summed E-state index contributed by atoms with van der Waals surface area (Å²) >= 11 is 6.11. The van der Waals surface area contributed by atoms with Gasteiger partial charge in [-0.25, -0.2) is 0 Å². The maximum absolute atomic E-state index is 9.41. The van der Waals surface area contributed by atoms with Crippen molar-refractivity contribution in [2.45, 2.75) is 18.4 Å². The lowest BCUT2D eigenvalue weighted by Crippen LogP contribution is -2.47. The molecule has 1 aromatic carbocycles. The number of rotatable bonds is 2. The molecule has 0 bridgehead atoms. The zero-order chi connectivity index (χ0) is 12.3. The van der Waals surface area contributed by atoms with Gasteiger partial charge in [0, 0.05) is 13.1 Å².